The van der Waals surface area contributed by atoms with Crippen LogP contribution in [-0.2, 0) is 14.3 Å². The molecule has 0 bridgehead atoms. The number of piperidine rings is 1. The molecule has 0 aromatic heterocycles. The molecule has 2 aliphatic heterocycles. The summed E-state index contributed by atoms with van der Waals surface area (Å²) in [5, 5.41) is 4.11. The molecular formula is C21H31ClN4O3. The van der Waals surface area contributed by atoms with Gasteiger partial charge in [-0.25, -0.2) is 0 Å². The number of halogens is 1. The van der Waals surface area contributed by atoms with Gasteiger partial charge in [0.25, 0.3) is 0 Å². The number of aliphatic imine (C=N–C) groups is 1. The van der Waals surface area contributed by atoms with Crippen molar-refractivity contribution < 1.29 is 14.3 Å². The number of rotatable bonds is 5. The van der Waals surface area contributed by atoms with Crippen LogP contribution in [-0.4, -0.2) is 81.8 Å². The number of amides is 1. The summed E-state index contributed by atoms with van der Waals surface area (Å²) in [6, 6.07) is 7.71. The number of guanidine groups is 1. The van der Waals surface area contributed by atoms with Crippen molar-refractivity contribution in [2.24, 2.45) is 10.9 Å². The molecule has 8 heteroatoms. The van der Waals surface area contributed by atoms with Crippen LogP contribution in [0.4, 0.5) is 0 Å². The second-order valence-corrected chi connectivity index (χ2v) is 7.84. The zero-order chi connectivity index (χ0) is 20.6. The lowest BCUT2D eigenvalue weighted by Crippen LogP contribution is -2.50. The molecule has 160 valence electrons. The van der Waals surface area contributed by atoms with E-state index in [0.29, 0.717) is 37.9 Å². The van der Waals surface area contributed by atoms with Crippen molar-refractivity contribution in [1.29, 1.82) is 0 Å². The maximum Gasteiger partial charge on any atom is 0.225 e. The van der Waals surface area contributed by atoms with Crippen LogP contribution < -0.4 is 5.32 Å². The van der Waals surface area contributed by atoms with Crippen LogP contribution in [0.3, 0.4) is 0 Å². The summed E-state index contributed by atoms with van der Waals surface area (Å²) in [4.78, 5) is 21.3. The number of carbonyl (C=O) groups excluding carboxylic acids is 1. The number of morpholine rings is 1. The van der Waals surface area contributed by atoms with E-state index in [1.54, 1.807) is 14.2 Å². The van der Waals surface area contributed by atoms with Crippen molar-refractivity contribution in [2.75, 3.05) is 60.1 Å². The number of nitrogens with zero attached hydrogens (tertiary/aromatic N) is 3. The number of ether oxygens (including phenoxy) is 2. The van der Waals surface area contributed by atoms with Crippen LogP contribution in [0, 0.1) is 5.92 Å². The number of nitrogens with one attached hydrogen (secondary N) is 1. The topological polar surface area (TPSA) is 66.4 Å². The SMILES string of the molecule is CN=C(NCC(OC)c1cccc(Cl)c1)N1CCC(C(=O)N2CCOCC2)CC1. The highest BCUT2D eigenvalue weighted by molar-refractivity contribution is 6.30. The Balaban J connectivity index is 1.50. The predicted molar refractivity (Wildman–Crippen MR) is 114 cm³/mol. The van der Waals surface area contributed by atoms with Crippen LogP contribution in [0.5, 0.6) is 0 Å². The van der Waals surface area contributed by atoms with E-state index in [0.717, 1.165) is 37.5 Å². The second kappa shape index (κ2) is 10.8. The number of hydrogen-bond acceptors (Lipinski definition) is 4. The number of carbonyl (C=O) groups is 1. The average molecular weight is 423 g/mol. The summed E-state index contributed by atoms with van der Waals surface area (Å²) >= 11 is 6.11. The highest BCUT2D eigenvalue weighted by Gasteiger charge is 2.30. The molecule has 2 heterocycles. The number of likely N-dealkylation sites (tertiary alicyclic amines) is 1. The molecule has 1 aromatic rings. The fourth-order valence-corrected chi connectivity index (χ4v) is 4.14. The molecular weight excluding hydrogens is 392 g/mol. The summed E-state index contributed by atoms with van der Waals surface area (Å²) in [6.45, 7) is 4.94. The normalized spacial score (nSPS) is 19.9. The maximum atomic E-state index is 12.7. The molecule has 1 unspecified atom stereocenters. The standard InChI is InChI=1S/C21H31ClN4O3/c1-23-21(24-15-19(28-2)17-4-3-5-18(22)14-17)26-8-6-16(7-9-26)20(27)25-10-12-29-13-11-25/h3-5,14,16,19H,6-13,15H2,1-2H3,(H,23,24). The van der Waals surface area contributed by atoms with Crippen molar-refractivity contribution >= 4 is 23.5 Å². The molecule has 0 spiro atoms. The smallest absolute Gasteiger partial charge is 0.225 e. The van der Waals surface area contributed by atoms with E-state index in [-0.39, 0.29) is 17.9 Å². The van der Waals surface area contributed by atoms with Crippen molar-refractivity contribution in [2.45, 2.75) is 18.9 Å². The Kier molecular flexibility index (Phi) is 8.15. The zero-order valence-corrected chi connectivity index (χ0v) is 18.0. The summed E-state index contributed by atoms with van der Waals surface area (Å²) in [7, 11) is 3.48. The van der Waals surface area contributed by atoms with Gasteiger partial charge in [-0.15, -0.1) is 0 Å². The molecule has 29 heavy (non-hydrogen) atoms. The van der Waals surface area contributed by atoms with Crippen LogP contribution in [0.2, 0.25) is 5.02 Å². The first-order valence-electron chi connectivity index (χ1n) is 10.2. The Morgan fingerprint density at radius 1 is 1.28 bits per heavy atom. The van der Waals surface area contributed by atoms with E-state index in [4.69, 9.17) is 21.1 Å². The second-order valence-electron chi connectivity index (χ2n) is 7.41. The van der Waals surface area contributed by atoms with E-state index in [9.17, 15) is 4.79 Å². The lowest BCUT2D eigenvalue weighted by molar-refractivity contribution is -0.140. The third-order valence-corrected chi connectivity index (χ3v) is 5.86. The van der Waals surface area contributed by atoms with Gasteiger partial charge in [-0.1, -0.05) is 23.7 Å². The summed E-state index contributed by atoms with van der Waals surface area (Å²) in [6.07, 6.45) is 1.57. The molecule has 0 radical (unpaired) electrons. The Labute approximate surface area is 178 Å². The molecule has 7 nitrogen and oxygen atoms in total. The highest BCUT2D eigenvalue weighted by Crippen LogP contribution is 2.22. The van der Waals surface area contributed by atoms with E-state index in [2.05, 4.69) is 15.2 Å². The molecule has 0 saturated carbocycles. The first kappa shape index (κ1) is 21.9. The van der Waals surface area contributed by atoms with Gasteiger partial charge < -0.3 is 24.6 Å². The van der Waals surface area contributed by atoms with E-state index < -0.39 is 0 Å². The number of benzene rings is 1. The van der Waals surface area contributed by atoms with Gasteiger partial charge >= 0.3 is 0 Å². The van der Waals surface area contributed by atoms with Crippen LogP contribution in [0.1, 0.15) is 24.5 Å². The van der Waals surface area contributed by atoms with Gasteiger partial charge in [0.1, 0.15) is 0 Å². The lowest BCUT2D eigenvalue weighted by atomic mass is 9.95. The van der Waals surface area contributed by atoms with Crippen LogP contribution >= 0.6 is 11.6 Å². The van der Waals surface area contributed by atoms with E-state index in [1.807, 2.05) is 29.2 Å². The fraction of sp³-hybridized carbons (Fsp3) is 0.619. The van der Waals surface area contributed by atoms with Crippen LogP contribution in [0.25, 0.3) is 0 Å². The third kappa shape index (κ3) is 5.84. The zero-order valence-electron chi connectivity index (χ0n) is 17.3. The largest absolute Gasteiger partial charge is 0.378 e. The Morgan fingerprint density at radius 3 is 2.62 bits per heavy atom. The first-order chi connectivity index (χ1) is 14.1. The highest BCUT2D eigenvalue weighted by atomic mass is 35.5. The first-order valence-corrected chi connectivity index (χ1v) is 10.6. The van der Waals surface area contributed by atoms with E-state index in [1.165, 1.54) is 0 Å². The number of hydrogen-bond donors (Lipinski definition) is 1. The van der Waals surface area contributed by atoms with Crippen molar-refractivity contribution in [3.8, 4) is 0 Å². The quantitative estimate of drug-likeness (QED) is 0.582. The third-order valence-electron chi connectivity index (χ3n) is 5.63. The molecule has 0 aliphatic carbocycles. The van der Waals surface area contributed by atoms with Gasteiger partial charge in [0.15, 0.2) is 5.96 Å². The molecule has 1 aromatic carbocycles. The minimum atomic E-state index is -0.120. The minimum absolute atomic E-state index is 0.0978. The maximum absolute atomic E-state index is 12.7. The van der Waals surface area contributed by atoms with Crippen LogP contribution in [0.15, 0.2) is 29.3 Å². The Morgan fingerprint density at radius 2 is 2.00 bits per heavy atom. The Bertz CT molecular complexity index is 701. The molecule has 1 atom stereocenters. The van der Waals surface area contributed by atoms with Gasteiger partial charge in [0, 0.05) is 57.8 Å². The van der Waals surface area contributed by atoms with Crippen molar-refractivity contribution in [3.63, 3.8) is 0 Å². The van der Waals surface area contributed by atoms with Crippen molar-refractivity contribution in [1.82, 2.24) is 15.1 Å². The van der Waals surface area contributed by atoms with Gasteiger partial charge in [0.2, 0.25) is 5.91 Å². The van der Waals surface area contributed by atoms with E-state index >= 15 is 0 Å². The summed E-state index contributed by atoms with van der Waals surface area (Å²) in [5.74, 6) is 1.21. The molecule has 2 saturated heterocycles. The van der Waals surface area contributed by atoms with Gasteiger partial charge in [-0.3, -0.25) is 9.79 Å². The summed E-state index contributed by atoms with van der Waals surface area (Å²) in [5.41, 5.74) is 1.03. The van der Waals surface area contributed by atoms with Gasteiger partial charge in [-0.05, 0) is 30.5 Å². The van der Waals surface area contributed by atoms with Gasteiger partial charge in [0.05, 0.1) is 19.3 Å². The van der Waals surface area contributed by atoms with Gasteiger partial charge in [-0.2, -0.15) is 0 Å². The average Bonchev–Trinajstić information content (AvgIpc) is 2.77. The molecule has 2 fully saturated rings. The fourth-order valence-electron chi connectivity index (χ4n) is 3.94. The monoisotopic (exact) mass is 422 g/mol. The molecule has 3 rings (SSSR count). The molecule has 2 aliphatic rings. The minimum Gasteiger partial charge on any atom is -0.378 e. The molecule has 1 amide bonds. The lowest BCUT2D eigenvalue weighted by Gasteiger charge is -2.37. The summed E-state index contributed by atoms with van der Waals surface area (Å²) < 4.78 is 11.0. The van der Waals surface area contributed by atoms with Crippen molar-refractivity contribution in [3.05, 3.63) is 34.9 Å². The Hall–Kier alpha value is -1.83. The molecule has 1 N–H and O–H groups in total. The number of methoxy groups -OCH3 is 1. The predicted octanol–water partition coefficient (Wildman–Crippen LogP) is 2.17.